The lowest BCUT2D eigenvalue weighted by Crippen LogP contribution is -2.34. The van der Waals surface area contributed by atoms with Crippen LogP contribution in [0.15, 0.2) is 42.6 Å². The molecule has 124 valence electrons. The summed E-state index contributed by atoms with van der Waals surface area (Å²) in [5.41, 5.74) is 3.76. The summed E-state index contributed by atoms with van der Waals surface area (Å²) in [5, 5.41) is 3.72. The van der Waals surface area contributed by atoms with E-state index in [0.29, 0.717) is 0 Å². The van der Waals surface area contributed by atoms with Gasteiger partial charge in [-0.1, -0.05) is 6.07 Å². The molecule has 0 unspecified atom stereocenters. The molecule has 3 nitrogen and oxygen atoms in total. The number of nitrogens with one attached hydrogen (secondary N) is 2. The van der Waals surface area contributed by atoms with Crippen molar-refractivity contribution in [3.05, 3.63) is 65.1 Å². The van der Waals surface area contributed by atoms with Crippen molar-refractivity contribution >= 4 is 22.5 Å². The van der Waals surface area contributed by atoms with Gasteiger partial charge in [-0.25, -0.2) is 4.39 Å². The summed E-state index contributed by atoms with van der Waals surface area (Å²) in [7, 11) is 0. The first-order valence-electron chi connectivity index (χ1n) is 7.94. The maximum absolute atomic E-state index is 13.6. The van der Waals surface area contributed by atoms with Crippen molar-refractivity contribution < 1.29 is 9.18 Å². The van der Waals surface area contributed by atoms with Crippen LogP contribution in [0.3, 0.4) is 0 Å². The van der Waals surface area contributed by atoms with Crippen LogP contribution in [0.25, 0.3) is 10.9 Å². The van der Waals surface area contributed by atoms with Crippen LogP contribution in [0, 0.1) is 19.7 Å². The molecule has 24 heavy (non-hydrogen) atoms. The van der Waals surface area contributed by atoms with E-state index in [1.54, 1.807) is 12.3 Å². The molecule has 0 radical (unpaired) electrons. The zero-order valence-corrected chi connectivity index (χ0v) is 14.3. The second kappa shape index (κ2) is 5.78. The van der Waals surface area contributed by atoms with Gasteiger partial charge < -0.3 is 10.3 Å². The monoisotopic (exact) mass is 324 g/mol. The Morgan fingerprint density at radius 1 is 1.08 bits per heavy atom. The molecule has 0 aliphatic carbocycles. The molecule has 2 N–H and O–H groups in total. The first kappa shape index (κ1) is 16.2. The van der Waals surface area contributed by atoms with Crippen molar-refractivity contribution in [2.45, 2.75) is 33.1 Å². The molecule has 1 amide bonds. The average Bonchev–Trinajstić information content (AvgIpc) is 2.89. The van der Waals surface area contributed by atoms with E-state index in [1.165, 1.54) is 12.1 Å². The van der Waals surface area contributed by atoms with Gasteiger partial charge in [-0.3, -0.25) is 4.79 Å². The Labute approximate surface area is 140 Å². The lowest BCUT2D eigenvalue weighted by atomic mass is 9.83. The molecule has 3 rings (SSSR count). The van der Waals surface area contributed by atoms with E-state index >= 15 is 0 Å². The predicted molar refractivity (Wildman–Crippen MR) is 95.8 cm³/mol. The Bertz CT molecular complexity index is 904. The van der Waals surface area contributed by atoms with Crippen molar-refractivity contribution in [2.75, 3.05) is 5.32 Å². The van der Waals surface area contributed by atoms with Crippen LogP contribution < -0.4 is 5.32 Å². The lowest BCUT2D eigenvalue weighted by Gasteiger charge is -2.23. The lowest BCUT2D eigenvalue weighted by molar-refractivity contribution is -0.120. The number of carbonyl (C=O) groups excluding carboxylic acids is 1. The van der Waals surface area contributed by atoms with Crippen LogP contribution in [0.5, 0.6) is 0 Å². The molecule has 0 spiro atoms. The Kier molecular flexibility index (Phi) is 3.91. The van der Waals surface area contributed by atoms with Gasteiger partial charge in [0.25, 0.3) is 0 Å². The number of aromatic amines is 1. The summed E-state index contributed by atoms with van der Waals surface area (Å²) < 4.78 is 13.6. The van der Waals surface area contributed by atoms with Crippen LogP contribution in [-0.4, -0.2) is 10.9 Å². The SMILES string of the molecule is Cc1cc(C)cc(NC(=O)C(C)(C)c2c[nH]c3ccc(F)cc23)c1. The fraction of sp³-hybridized carbons (Fsp3) is 0.250. The first-order chi connectivity index (χ1) is 11.3. The van der Waals surface area contributed by atoms with Gasteiger partial charge in [0.15, 0.2) is 0 Å². The van der Waals surface area contributed by atoms with E-state index in [9.17, 15) is 9.18 Å². The molecule has 0 bridgehead atoms. The quantitative estimate of drug-likeness (QED) is 0.711. The minimum atomic E-state index is -0.802. The van der Waals surface area contributed by atoms with E-state index in [1.807, 2.05) is 39.8 Å². The van der Waals surface area contributed by atoms with Gasteiger partial charge in [-0.2, -0.15) is 0 Å². The maximum Gasteiger partial charge on any atom is 0.234 e. The largest absolute Gasteiger partial charge is 0.361 e. The van der Waals surface area contributed by atoms with E-state index in [0.717, 1.165) is 33.3 Å². The van der Waals surface area contributed by atoms with Crippen LogP contribution in [-0.2, 0) is 10.2 Å². The van der Waals surface area contributed by atoms with Gasteiger partial charge in [0.1, 0.15) is 5.82 Å². The highest BCUT2D eigenvalue weighted by Crippen LogP contribution is 2.32. The summed E-state index contributed by atoms with van der Waals surface area (Å²) in [6.45, 7) is 7.68. The highest BCUT2D eigenvalue weighted by Gasteiger charge is 2.32. The number of halogens is 1. The van der Waals surface area contributed by atoms with Gasteiger partial charge in [-0.05, 0) is 74.7 Å². The van der Waals surface area contributed by atoms with Crippen molar-refractivity contribution in [2.24, 2.45) is 0 Å². The molecule has 0 saturated heterocycles. The molecule has 2 aromatic carbocycles. The smallest absolute Gasteiger partial charge is 0.234 e. The Morgan fingerprint density at radius 3 is 2.42 bits per heavy atom. The molecule has 3 aromatic rings. The van der Waals surface area contributed by atoms with Crippen LogP contribution in [0.2, 0.25) is 0 Å². The first-order valence-corrected chi connectivity index (χ1v) is 7.94. The summed E-state index contributed by atoms with van der Waals surface area (Å²) in [4.78, 5) is 16.0. The van der Waals surface area contributed by atoms with E-state index < -0.39 is 5.41 Å². The number of anilines is 1. The molecule has 0 saturated carbocycles. The maximum atomic E-state index is 13.6. The molecule has 0 aliphatic rings. The average molecular weight is 324 g/mol. The molecule has 4 heteroatoms. The zero-order valence-electron chi connectivity index (χ0n) is 14.3. The third kappa shape index (κ3) is 2.92. The second-order valence-electron chi connectivity index (χ2n) is 6.85. The third-order valence-corrected chi connectivity index (χ3v) is 4.36. The van der Waals surface area contributed by atoms with Gasteiger partial charge >= 0.3 is 0 Å². The summed E-state index contributed by atoms with van der Waals surface area (Å²) >= 11 is 0. The van der Waals surface area contributed by atoms with Crippen LogP contribution in [0.1, 0.15) is 30.5 Å². The molecule has 0 fully saturated rings. The minimum Gasteiger partial charge on any atom is -0.361 e. The summed E-state index contributed by atoms with van der Waals surface area (Å²) in [6, 6.07) is 10.5. The number of carbonyl (C=O) groups is 1. The summed E-state index contributed by atoms with van der Waals surface area (Å²) in [5.74, 6) is -0.438. The Morgan fingerprint density at radius 2 is 1.75 bits per heavy atom. The third-order valence-electron chi connectivity index (χ3n) is 4.36. The number of fused-ring (bicyclic) bond motifs is 1. The van der Waals surface area contributed by atoms with Crippen LogP contribution >= 0.6 is 0 Å². The van der Waals surface area contributed by atoms with Gasteiger partial charge in [-0.15, -0.1) is 0 Å². The van der Waals surface area contributed by atoms with Crippen molar-refractivity contribution in [3.63, 3.8) is 0 Å². The fourth-order valence-corrected chi connectivity index (χ4v) is 3.07. The van der Waals surface area contributed by atoms with E-state index in [2.05, 4.69) is 16.4 Å². The Hall–Kier alpha value is -2.62. The van der Waals surface area contributed by atoms with E-state index in [4.69, 9.17) is 0 Å². The number of aromatic nitrogens is 1. The zero-order chi connectivity index (χ0) is 17.5. The molecule has 0 aliphatic heterocycles. The number of amides is 1. The van der Waals surface area contributed by atoms with E-state index in [-0.39, 0.29) is 11.7 Å². The second-order valence-corrected chi connectivity index (χ2v) is 6.85. The molecular weight excluding hydrogens is 303 g/mol. The van der Waals surface area contributed by atoms with Crippen molar-refractivity contribution in [3.8, 4) is 0 Å². The standard InChI is InChI=1S/C20H21FN2O/c1-12-7-13(2)9-15(8-12)23-19(24)20(3,4)17-11-22-18-6-5-14(21)10-16(17)18/h5-11,22H,1-4H3,(H,23,24). The van der Waals surface area contributed by atoms with Crippen molar-refractivity contribution in [1.29, 1.82) is 0 Å². The van der Waals surface area contributed by atoms with Crippen LogP contribution in [0.4, 0.5) is 10.1 Å². The van der Waals surface area contributed by atoms with Gasteiger partial charge in [0.05, 0.1) is 5.41 Å². The van der Waals surface area contributed by atoms with Gasteiger partial charge in [0.2, 0.25) is 5.91 Å². The topological polar surface area (TPSA) is 44.9 Å². The number of H-pyrrole nitrogens is 1. The highest BCUT2D eigenvalue weighted by atomic mass is 19.1. The number of hydrogen-bond acceptors (Lipinski definition) is 1. The Balaban J connectivity index is 1.96. The van der Waals surface area contributed by atoms with Crippen molar-refractivity contribution in [1.82, 2.24) is 4.98 Å². The highest BCUT2D eigenvalue weighted by molar-refractivity contribution is 6.02. The number of aryl methyl sites for hydroxylation is 2. The molecular formula is C20H21FN2O. The number of hydrogen-bond donors (Lipinski definition) is 2. The number of benzene rings is 2. The molecule has 0 atom stereocenters. The number of rotatable bonds is 3. The fourth-order valence-electron chi connectivity index (χ4n) is 3.07. The molecule has 1 heterocycles. The van der Waals surface area contributed by atoms with Gasteiger partial charge in [0, 0.05) is 22.8 Å². The molecule has 1 aromatic heterocycles. The predicted octanol–water partition coefficient (Wildman–Crippen LogP) is 4.84. The summed E-state index contributed by atoms with van der Waals surface area (Å²) in [6.07, 6.45) is 1.78. The minimum absolute atomic E-state index is 0.127. The normalized spacial score (nSPS) is 11.7.